The molecule has 1 aliphatic heterocycles. The van der Waals surface area contributed by atoms with Gasteiger partial charge in [-0.05, 0) is 69.0 Å². The van der Waals surface area contributed by atoms with E-state index in [1.54, 1.807) is 12.3 Å². The van der Waals surface area contributed by atoms with Gasteiger partial charge in [0.25, 0.3) is 11.8 Å². The first-order valence-electron chi connectivity index (χ1n) is 10.5. The molecule has 0 atom stereocenters. The molecule has 3 aromatic rings. The predicted octanol–water partition coefficient (Wildman–Crippen LogP) is 4.44. The maximum Gasteiger partial charge on any atom is 0.270 e. The number of halogens is 2. The minimum absolute atomic E-state index is 0.0571. The maximum atomic E-state index is 13.4. The van der Waals surface area contributed by atoms with Gasteiger partial charge in [-0.1, -0.05) is 11.6 Å². The Morgan fingerprint density at radius 1 is 1.25 bits per heavy atom. The standard InChI is InChI=1S/C23H21ClFN5O2/c1-13-23(22(32)30(29-13)19-5-3-15(25)12-17(19)24)9-6-16(7-10-23)27-21(31)18-4-2-14-8-11-26-20(14)28-18/h2-5,8,11-12,16H,6-7,9-10H2,1H3,(H,26,28)(H,27,31)/t16-,23-. The van der Waals surface area contributed by atoms with Gasteiger partial charge in [-0.2, -0.15) is 10.1 Å². The quantitative estimate of drug-likeness (QED) is 0.614. The van der Waals surface area contributed by atoms with Gasteiger partial charge in [-0.15, -0.1) is 0 Å². The third-order valence-corrected chi connectivity index (χ3v) is 6.80. The van der Waals surface area contributed by atoms with Gasteiger partial charge in [0.2, 0.25) is 0 Å². The normalized spacial score (nSPS) is 23.1. The zero-order valence-corrected chi connectivity index (χ0v) is 18.1. The first kappa shape index (κ1) is 20.6. The first-order chi connectivity index (χ1) is 15.4. The summed E-state index contributed by atoms with van der Waals surface area (Å²) in [6, 6.07) is 9.30. The Morgan fingerprint density at radius 2 is 2.03 bits per heavy atom. The van der Waals surface area contributed by atoms with E-state index < -0.39 is 11.2 Å². The van der Waals surface area contributed by atoms with Gasteiger partial charge in [0.1, 0.15) is 17.2 Å². The zero-order valence-electron chi connectivity index (χ0n) is 17.4. The molecule has 7 nitrogen and oxygen atoms in total. The van der Waals surface area contributed by atoms with E-state index in [0.29, 0.717) is 48.4 Å². The van der Waals surface area contributed by atoms with Crippen molar-refractivity contribution < 1.29 is 14.0 Å². The number of nitrogens with zero attached hydrogens (tertiary/aromatic N) is 3. The van der Waals surface area contributed by atoms with Crippen molar-refractivity contribution in [2.75, 3.05) is 5.01 Å². The van der Waals surface area contributed by atoms with Gasteiger partial charge >= 0.3 is 0 Å². The van der Waals surface area contributed by atoms with Crippen molar-refractivity contribution in [2.24, 2.45) is 10.5 Å². The van der Waals surface area contributed by atoms with Crippen LogP contribution in [0.15, 0.2) is 47.7 Å². The third kappa shape index (κ3) is 3.35. The molecule has 5 rings (SSSR count). The van der Waals surface area contributed by atoms with Crippen LogP contribution >= 0.6 is 11.6 Å². The molecule has 3 heterocycles. The van der Waals surface area contributed by atoms with Crippen LogP contribution in [0.2, 0.25) is 5.02 Å². The number of carbonyl (C=O) groups is 2. The van der Waals surface area contributed by atoms with E-state index in [1.165, 1.54) is 23.2 Å². The number of benzene rings is 1. The predicted molar refractivity (Wildman–Crippen MR) is 120 cm³/mol. The molecule has 0 bridgehead atoms. The van der Waals surface area contributed by atoms with E-state index in [9.17, 15) is 14.0 Å². The van der Waals surface area contributed by atoms with E-state index in [2.05, 4.69) is 20.4 Å². The first-order valence-corrected chi connectivity index (χ1v) is 10.9. The highest BCUT2D eigenvalue weighted by atomic mass is 35.5. The van der Waals surface area contributed by atoms with Crippen molar-refractivity contribution in [1.82, 2.24) is 15.3 Å². The van der Waals surface area contributed by atoms with E-state index in [4.69, 9.17) is 11.6 Å². The van der Waals surface area contributed by atoms with Crippen molar-refractivity contribution in [1.29, 1.82) is 0 Å². The van der Waals surface area contributed by atoms with Crippen LogP contribution < -0.4 is 10.3 Å². The Kier molecular flexibility index (Phi) is 4.97. The van der Waals surface area contributed by atoms with Crippen molar-refractivity contribution in [3.63, 3.8) is 0 Å². The Bertz CT molecular complexity index is 1260. The largest absolute Gasteiger partial charge is 0.348 e. The fourth-order valence-corrected chi connectivity index (χ4v) is 4.86. The van der Waals surface area contributed by atoms with Gasteiger partial charge in [0.15, 0.2) is 0 Å². The molecule has 0 unspecified atom stereocenters. The minimum atomic E-state index is -0.722. The van der Waals surface area contributed by atoms with Crippen LogP contribution in [-0.4, -0.2) is 33.5 Å². The van der Waals surface area contributed by atoms with Crippen molar-refractivity contribution >= 4 is 45.8 Å². The summed E-state index contributed by atoms with van der Waals surface area (Å²) < 4.78 is 13.4. The molecule has 0 radical (unpaired) electrons. The number of hydrogen-bond donors (Lipinski definition) is 2. The number of amides is 2. The highest BCUT2D eigenvalue weighted by Crippen LogP contribution is 2.45. The highest BCUT2D eigenvalue weighted by Gasteiger charge is 2.51. The lowest BCUT2D eigenvalue weighted by Gasteiger charge is -2.36. The number of hydrazone groups is 1. The number of rotatable bonds is 3. The molecule has 164 valence electrons. The summed E-state index contributed by atoms with van der Waals surface area (Å²) >= 11 is 6.16. The number of carbonyl (C=O) groups excluding carboxylic acids is 2. The SMILES string of the molecule is CC1=NN(c2ccc(F)cc2Cl)C(=O)[C@]12CC[C@H](NC(=O)c1ccc3cc[nH]c3n1)CC2. The molecule has 1 spiro atoms. The summed E-state index contributed by atoms with van der Waals surface area (Å²) in [7, 11) is 0. The molecule has 2 amide bonds. The summed E-state index contributed by atoms with van der Waals surface area (Å²) in [5.74, 6) is -0.862. The van der Waals surface area contributed by atoms with E-state index >= 15 is 0 Å². The van der Waals surface area contributed by atoms with Gasteiger partial charge in [-0.3, -0.25) is 9.59 Å². The highest BCUT2D eigenvalue weighted by molar-refractivity contribution is 6.34. The van der Waals surface area contributed by atoms with Crippen LogP contribution in [0.1, 0.15) is 43.1 Å². The average Bonchev–Trinajstić information content (AvgIpc) is 3.34. The summed E-state index contributed by atoms with van der Waals surface area (Å²) in [5.41, 5.74) is 1.39. The van der Waals surface area contributed by atoms with Gasteiger partial charge in [0, 0.05) is 17.6 Å². The topological polar surface area (TPSA) is 90.5 Å². The second-order valence-corrected chi connectivity index (χ2v) is 8.75. The Morgan fingerprint density at radius 3 is 2.78 bits per heavy atom. The van der Waals surface area contributed by atoms with Crippen LogP contribution in [0.5, 0.6) is 0 Å². The molecule has 2 aliphatic rings. The number of hydrogen-bond acceptors (Lipinski definition) is 4. The lowest BCUT2D eigenvalue weighted by molar-refractivity contribution is -0.125. The molecule has 2 N–H and O–H groups in total. The van der Waals surface area contributed by atoms with Crippen LogP contribution in [0, 0.1) is 11.2 Å². The van der Waals surface area contributed by atoms with Crippen molar-refractivity contribution in [3.05, 3.63) is 59.1 Å². The molecular weight excluding hydrogens is 433 g/mol. The molecule has 9 heteroatoms. The second-order valence-electron chi connectivity index (χ2n) is 8.34. The monoisotopic (exact) mass is 453 g/mol. The molecule has 0 saturated heterocycles. The number of aromatic nitrogens is 2. The number of pyridine rings is 1. The molecule has 32 heavy (non-hydrogen) atoms. The van der Waals surface area contributed by atoms with Crippen LogP contribution in [0.3, 0.4) is 0 Å². The number of nitrogens with one attached hydrogen (secondary N) is 2. The number of anilines is 1. The van der Waals surface area contributed by atoms with E-state index in [0.717, 1.165) is 5.39 Å². The smallest absolute Gasteiger partial charge is 0.270 e. The lowest BCUT2D eigenvalue weighted by Crippen LogP contribution is -2.47. The van der Waals surface area contributed by atoms with Crippen molar-refractivity contribution in [2.45, 2.75) is 38.6 Å². The molecular formula is C23H21ClFN5O2. The summed E-state index contributed by atoms with van der Waals surface area (Å²) in [6.07, 6.45) is 4.18. The minimum Gasteiger partial charge on any atom is -0.348 e. The van der Waals surface area contributed by atoms with Crippen molar-refractivity contribution in [3.8, 4) is 0 Å². The third-order valence-electron chi connectivity index (χ3n) is 6.50. The Hall–Kier alpha value is -3.26. The number of fused-ring (bicyclic) bond motifs is 1. The lowest BCUT2D eigenvalue weighted by atomic mass is 9.69. The fourth-order valence-electron chi connectivity index (χ4n) is 4.61. The Balaban J connectivity index is 1.27. The molecule has 1 saturated carbocycles. The van der Waals surface area contributed by atoms with E-state index in [-0.39, 0.29) is 22.9 Å². The second kappa shape index (κ2) is 7.70. The van der Waals surface area contributed by atoms with Crippen LogP contribution in [0.25, 0.3) is 11.0 Å². The number of aromatic amines is 1. The summed E-state index contributed by atoms with van der Waals surface area (Å²) in [6.45, 7) is 1.84. The van der Waals surface area contributed by atoms with Gasteiger partial charge in [0.05, 0.1) is 21.8 Å². The Labute approximate surface area is 188 Å². The van der Waals surface area contributed by atoms with Crippen LogP contribution in [-0.2, 0) is 4.79 Å². The number of H-pyrrole nitrogens is 1. The van der Waals surface area contributed by atoms with Gasteiger partial charge < -0.3 is 10.3 Å². The maximum absolute atomic E-state index is 13.4. The molecule has 2 aromatic heterocycles. The zero-order chi connectivity index (χ0) is 22.5. The van der Waals surface area contributed by atoms with Crippen LogP contribution in [0.4, 0.5) is 10.1 Å². The molecule has 1 aliphatic carbocycles. The fraction of sp³-hybridized carbons (Fsp3) is 0.304. The van der Waals surface area contributed by atoms with E-state index in [1.807, 2.05) is 19.1 Å². The molecule has 1 aromatic carbocycles. The average molecular weight is 454 g/mol. The summed E-state index contributed by atoms with van der Waals surface area (Å²) in [5, 5.41) is 9.87. The molecule has 1 fully saturated rings. The van der Waals surface area contributed by atoms with Gasteiger partial charge in [-0.25, -0.2) is 9.37 Å². The summed E-state index contributed by atoms with van der Waals surface area (Å²) in [4.78, 5) is 33.4.